The van der Waals surface area contributed by atoms with Crippen molar-refractivity contribution in [2.24, 2.45) is 0 Å². The van der Waals surface area contributed by atoms with E-state index in [0.29, 0.717) is 0 Å². The molecule has 0 unspecified atom stereocenters. The van der Waals surface area contributed by atoms with Gasteiger partial charge in [0, 0.05) is 0 Å². The molecule has 3 N–H and O–H groups in total. The lowest BCUT2D eigenvalue weighted by Gasteiger charge is -2.22. The van der Waals surface area contributed by atoms with Crippen LogP contribution in [0, 0.1) is 5.41 Å². The molecule has 13 heavy (non-hydrogen) atoms. The van der Waals surface area contributed by atoms with Crippen molar-refractivity contribution in [3.63, 3.8) is 0 Å². The lowest BCUT2D eigenvalue weighted by atomic mass is 10.9. The lowest BCUT2D eigenvalue weighted by molar-refractivity contribution is -0.0607. The van der Waals surface area contributed by atoms with Gasteiger partial charge < -0.3 is 14.5 Å². The second-order valence-electron chi connectivity index (χ2n) is 1.94. The summed E-state index contributed by atoms with van der Waals surface area (Å²) in [6.07, 6.45) is 0. The van der Waals surface area contributed by atoms with E-state index in [0.717, 1.165) is 0 Å². The standard InChI is InChI=1S/C5H13N2O5P/c1-3-11-5(6)7(12-4-2)13(8,9)10/h6H,3-4H2,1-2H3,(H2,8,9,10). The number of amidine groups is 1. The van der Waals surface area contributed by atoms with E-state index in [-0.39, 0.29) is 18.0 Å². The third kappa shape index (κ3) is 4.23. The highest BCUT2D eigenvalue weighted by atomic mass is 31.2. The number of rotatable bonds is 4. The first-order chi connectivity index (χ1) is 5.93. The van der Waals surface area contributed by atoms with Crippen LogP contribution in [0.15, 0.2) is 0 Å². The van der Waals surface area contributed by atoms with Gasteiger partial charge in [0.1, 0.15) is 0 Å². The SMILES string of the molecule is CCOC(=N)N(OCC)P(=O)(O)O. The van der Waals surface area contributed by atoms with Crippen molar-refractivity contribution in [1.29, 1.82) is 5.41 Å². The minimum atomic E-state index is -4.62. The predicted molar refractivity (Wildman–Crippen MR) is 44.9 cm³/mol. The fourth-order valence-electron chi connectivity index (χ4n) is 0.566. The third-order valence-corrected chi connectivity index (χ3v) is 1.71. The van der Waals surface area contributed by atoms with Crippen molar-refractivity contribution in [2.75, 3.05) is 13.2 Å². The molecule has 0 aliphatic rings. The molecule has 0 bridgehead atoms. The van der Waals surface area contributed by atoms with E-state index in [1.807, 2.05) is 0 Å². The summed E-state index contributed by atoms with van der Waals surface area (Å²) in [5.41, 5.74) is 0. The molecule has 0 atom stereocenters. The van der Waals surface area contributed by atoms with Crippen molar-refractivity contribution in [1.82, 2.24) is 4.83 Å². The molecule has 0 spiro atoms. The second kappa shape index (κ2) is 5.18. The predicted octanol–water partition coefficient (Wildman–Crippen LogP) is 0.304. The Balaban J connectivity index is 4.42. The van der Waals surface area contributed by atoms with Crippen molar-refractivity contribution in [2.45, 2.75) is 13.8 Å². The van der Waals surface area contributed by atoms with Crippen LogP contribution >= 0.6 is 7.75 Å². The van der Waals surface area contributed by atoms with Gasteiger partial charge in [0.15, 0.2) is 0 Å². The van der Waals surface area contributed by atoms with Crippen LogP contribution in [0.1, 0.15) is 13.8 Å². The molecule has 0 aromatic heterocycles. The van der Waals surface area contributed by atoms with E-state index >= 15 is 0 Å². The average Bonchev–Trinajstić information content (AvgIpc) is 1.98. The zero-order valence-corrected chi connectivity index (χ0v) is 8.32. The highest BCUT2D eigenvalue weighted by Crippen LogP contribution is 2.40. The van der Waals surface area contributed by atoms with Gasteiger partial charge in [-0.25, -0.2) is 9.97 Å². The monoisotopic (exact) mass is 212 g/mol. The lowest BCUT2D eigenvalue weighted by Crippen LogP contribution is -2.29. The van der Waals surface area contributed by atoms with Crippen LogP contribution in [-0.2, 0) is 14.1 Å². The molecule has 0 fully saturated rings. The van der Waals surface area contributed by atoms with Gasteiger partial charge >= 0.3 is 13.8 Å². The van der Waals surface area contributed by atoms with Gasteiger partial charge in [0.05, 0.1) is 13.2 Å². The van der Waals surface area contributed by atoms with Crippen LogP contribution in [0.2, 0.25) is 0 Å². The summed E-state index contributed by atoms with van der Waals surface area (Å²) in [5.74, 6) is 0. The Morgan fingerprint density at radius 3 is 2.31 bits per heavy atom. The van der Waals surface area contributed by atoms with Gasteiger partial charge in [-0.3, -0.25) is 4.84 Å². The molecule has 0 rings (SSSR count). The number of nitrogens with zero attached hydrogens (tertiary/aromatic N) is 1. The Labute approximate surface area is 75.9 Å². The molecular formula is C5H13N2O5P. The molecule has 0 heterocycles. The fourth-order valence-corrected chi connectivity index (χ4v) is 1.13. The topological polar surface area (TPSA) is 103 Å². The highest BCUT2D eigenvalue weighted by Gasteiger charge is 2.30. The zero-order valence-electron chi connectivity index (χ0n) is 7.43. The molecule has 8 heteroatoms. The molecule has 0 aliphatic carbocycles. The Morgan fingerprint density at radius 2 is 2.00 bits per heavy atom. The van der Waals surface area contributed by atoms with Gasteiger partial charge in [0.25, 0.3) is 0 Å². The largest absolute Gasteiger partial charge is 0.464 e. The van der Waals surface area contributed by atoms with Gasteiger partial charge in [-0.15, -0.1) is 4.83 Å². The molecule has 0 amide bonds. The Hall–Kier alpha value is -0.620. The van der Waals surface area contributed by atoms with Gasteiger partial charge in [-0.2, -0.15) is 0 Å². The van der Waals surface area contributed by atoms with E-state index in [1.165, 1.54) is 0 Å². The highest BCUT2D eigenvalue weighted by molar-refractivity contribution is 7.49. The second-order valence-corrected chi connectivity index (χ2v) is 3.33. The van der Waals surface area contributed by atoms with Crippen molar-refractivity contribution in [3.05, 3.63) is 0 Å². The molecular weight excluding hydrogens is 199 g/mol. The first-order valence-electron chi connectivity index (χ1n) is 3.63. The molecule has 0 radical (unpaired) electrons. The number of hydrogen-bond acceptors (Lipinski definition) is 4. The number of ether oxygens (including phenoxy) is 1. The summed E-state index contributed by atoms with van der Waals surface area (Å²) in [6, 6.07) is -0.697. The molecule has 0 saturated carbocycles. The van der Waals surface area contributed by atoms with Crippen LogP contribution in [-0.4, -0.2) is 33.9 Å². The van der Waals surface area contributed by atoms with Crippen molar-refractivity contribution in [3.8, 4) is 0 Å². The summed E-state index contributed by atoms with van der Waals surface area (Å²) in [6.45, 7) is 3.32. The Bertz CT molecular complexity index is 215. The van der Waals surface area contributed by atoms with Crippen molar-refractivity contribution >= 4 is 13.8 Å². The molecule has 0 saturated heterocycles. The molecule has 0 aromatic rings. The van der Waals surface area contributed by atoms with Gasteiger partial charge in [-0.1, -0.05) is 0 Å². The first kappa shape index (κ1) is 12.4. The molecule has 7 nitrogen and oxygen atoms in total. The van der Waals surface area contributed by atoms with Crippen LogP contribution in [0.5, 0.6) is 0 Å². The summed E-state index contributed by atoms with van der Waals surface area (Å²) in [5, 5.41) is 7.09. The first-order valence-corrected chi connectivity index (χ1v) is 5.20. The number of nitrogens with one attached hydrogen (secondary N) is 1. The smallest absolute Gasteiger partial charge is 0.457 e. The fraction of sp³-hybridized carbons (Fsp3) is 0.800. The summed E-state index contributed by atoms with van der Waals surface area (Å²) in [7, 11) is -4.62. The van der Waals surface area contributed by atoms with Crippen molar-refractivity contribution < 1.29 is 23.9 Å². The third-order valence-electron chi connectivity index (χ3n) is 0.943. The Kier molecular flexibility index (Phi) is 4.94. The van der Waals surface area contributed by atoms with E-state index in [4.69, 9.17) is 15.2 Å². The van der Waals surface area contributed by atoms with Crippen LogP contribution in [0.4, 0.5) is 0 Å². The van der Waals surface area contributed by atoms with Gasteiger partial charge in [0.2, 0.25) is 0 Å². The maximum absolute atomic E-state index is 10.7. The van der Waals surface area contributed by atoms with Gasteiger partial charge in [-0.05, 0) is 13.8 Å². The minimum Gasteiger partial charge on any atom is -0.464 e. The molecule has 78 valence electrons. The van der Waals surface area contributed by atoms with E-state index < -0.39 is 13.8 Å². The van der Waals surface area contributed by atoms with E-state index in [9.17, 15) is 4.57 Å². The van der Waals surface area contributed by atoms with E-state index in [1.54, 1.807) is 13.8 Å². The number of hydroxylamine groups is 1. The molecule has 0 aromatic carbocycles. The zero-order chi connectivity index (χ0) is 10.5. The minimum absolute atomic E-state index is 0.0422. The molecule has 0 aliphatic heterocycles. The van der Waals surface area contributed by atoms with Crippen LogP contribution in [0.25, 0.3) is 0 Å². The summed E-state index contributed by atoms with van der Waals surface area (Å²) < 4.78 is 15.3. The summed E-state index contributed by atoms with van der Waals surface area (Å²) >= 11 is 0. The Morgan fingerprint density at radius 1 is 1.46 bits per heavy atom. The summed E-state index contributed by atoms with van der Waals surface area (Å²) in [4.78, 5) is 22.1. The van der Waals surface area contributed by atoms with Crippen LogP contribution in [0.3, 0.4) is 0 Å². The van der Waals surface area contributed by atoms with Crippen LogP contribution < -0.4 is 0 Å². The van der Waals surface area contributed by atoms with E-state index in [2.05, 4.69) is 9.57 Å². The normalized spacial score (nSPS) is 11.1. The number of hydrogen-bond donors (Lipinski definition) is 3. The maximum atomic E-state index is 10.7. The quantitative estimate of drug-likeness (QED) is 0.268. The maximum Gasteiger partial charge on any atom is 0.457 e. The average molecular weight is 212 g/mol.